The van der Waals surface area contributed by atoms with Gasteiger partial charge in [0.05, 0.1) is 10.0 Å². The molecule has 0 amide bonds. The number of aryl methyl sites for hydroxylation is 1. The number of halogens is 2. The molecule has 0 aliphatic heterocycles. The lowest BCUT2D eigenvalue weighted by Gasteiger charge is -2.15. The van der Waals surface area contributed by atoms with Gasteiger partial charge in [0.1, 0.15) is 5.75 Å². The van der Waals surface area contributed by atoms with Crippen LogP contribution in [0.2, 0.25) is 10.0 Å². The summed E-state index contributed by atoms with van der Waals surface area (Å²) in [4.78, 5) is 0. The number of ether oxygens (including phenoxy) is 1. The molecule has 4 nitrogen and oxygen atoms in total. The molecular formula is C20H21Cl2N3OS. The van der Waals surface area contributed by atoms with Crippen molar-refractivity contribution in [3.8, 4) is 5.75 Å². The van der Waals surface area contributed by atoms with E-state index < -0.39 is 0 Å². The largest absolute Gasteiger partial charge is 0.483 e. The second-order valence-corrected chi connectivity index (χ2v) is 7.95. The van der Waals surface area contributed by atoms with E-state index in [-0.39, 0.29) is 6.10 Å². The van der Waals surface area contributed by atoms with Crippen molar-refractivity contribution in [3.63, 3.8) is 0 Å². The van der Waals surface area contributed by atoms with Crippen molar-refractivity contribution in [3.05, 3.63) is 69.5 Å². The van der Waals surface area contributed by atoms with Gasteiger partial charge in [-0.2, -0.15) is 0 Å². The summed E-state index contributed by atoms with van der Waals surface area (Å²) in [5.41, 5.74) is 2.29. The Morgan fingerprint density at radius 2 is 1.81 bits per heavy atom. The van der Waals surface area contributed by atoms with E-state index in [4.69, 9.17) is 27.9 Å². The van der Waals surface area contributed by atoms with Crippen LogP contribution < -0.4 is 4.74 Å². The van der Waals surface area contributed by atoms with Gasteiger partial charge in [-0.25, -0.2) is 0 Å². The van der Waals surface area contributed by atoms with Gasteiger partial charge in [0, 0.05) is 12.3 Å². The second-order valence-electron chi connectivity index (χ2n) is 6.20. The highest BCUT2D eigenvalue weighted by Gasteiger charge is 2.19. The van der Waals surface area contributed by atoms with Gasteiger partial charge in [0.25, 0.3) is 0 Å². The molecule has 0 N–H and O–H groups in total. The normalized spacial score (nSPS) is 12.2. The van der Waals surface area contributed by atoms with E-state index >= 15 is 0 Å². The summed E-state index contributed by atoms with van der Waals surface area (Å²) in [5.74, 6) is 2.38. The molecule has 0 aliphatic rings. The number of hydrogen-bond donors (Lipinski definition) is 0. The fourth-order valence-corrected chi connectivity index (χ4v) is 3.93. The minimum Gasteiger partial charge on any atom is -0.483 e. The lowest BCUT2D eigenvalue weighted by atomic mass is 10.2. The minimum atomic E-state index is -0.195. The average Bonchev–Trinajstić information content (AvgIpc) is 3.07. The Bertz CT molecular complexity index is 912. The quantitative estimate of drug-likeness (QED) is 0.416. The summed E-state index contributed by atoms with van der Waals surface area (Å²) in [6.07, 6.45) is -0.195. The fraction of sp³-hybridized carbons (Fsp3) is 0.300. The molecule has 0 spiro atoms. The molecule has 1 atom stereocenters. The van der Waals surface area contributed by atoms with Crippen LogP contribution in [0.3, 0.4) is 0 Å². The van der Waals surface area contributed by atoms with Gasteiger partial charge in [0.2, 0.25) is 0 Å². The van der Waals surface area contributed by atoms with Gasteiger partial charge in [-0.05, 0) is 50.6 Å². The lowest BCUT2D eigenvalue weighted by molar-refractivity contribution is 0.210. The van der Waals surface area contributed by atoms with E-state index in [0.29, 0.717) is 10.0 Å². The molecule has 0 radical (unpaired) electrons. The predicted molar refractivity (Wildman–Crippen MR) is 112 cm³/mol. The van der Waals surface area contributed by atoms with E-state index in [1.807, 2.05) is 49.4 Å². The maximum absolute atomic E-state index is 6.10. The highest BCUT2D eigenvalue weighted by atomic mass is 35.5. The van der Waals surface area contributed by atoms with E-state index in [1.165, 1.54) is 5.56 Å². The molecule has 1 aromatic heterocycles. The van der Waals surface area contributed by atoms with Crippen molar-refractivity contribution in [2.75, 3.05) is 0 Å². The third-order valence-corrected chi connectivity index (χ3v) is 5.89. The predicted octanol–water partition coefficient (Wildman–Crippen LogP) is 6.35. The molecular weight excluding hydrogens is 401 g/mol. The van der Waals surface area contributed by atoms with Crippen LogP contribution in [0.1, 0.15) is 36.9 Å². The fourth-order valence-electron chi connectivity index (χ4n) is 2.66. The van der Waals surface area contributed by atoms with Crippen molar-refractivity contribution in [1.82, 2.24) is 14.8 Å². The zero-order valence-electron chi connectivity index (χ0n) is 15.4. The molecule has 0 saturated carbocycles. The molecule has 142 valence electrons. The second kappa shape index (κ2) is 9.00. The summed E-state index contributed by atoms with van der Waals surface area (Å²) in [6.45, 7) is 6.89. The Labute approximate surface area is 173 Å². The van der Waals surface area contributed by atoms with Gasteiger partial charge >= 0.3 is 0 Å². The zero-order valence-corrected chi connectivity index (χ0v) is 17.8. The summed E-state index contributed by atoms with van der Waals surface area (Å²) < 4.78 is 8.12. The first-order valence-electron chi connectivity index (χ1n) is 8.71. The van der Waals surface area contributed by atoms with E-state index in [9.17, 15) is 0 Å². The molecule has 7 heteroatoms. The minimum absolute atomic E-state index is 0.195. The SMILES string of the molecule is CCn1c(SCc2ccc(Cl)c(Cl)c2)nnc1C(C)Oc1ccc(C)cc1. The molecule has 3 rings (SSSR count). The molecule has 2 aromatic carbocycles. The van der Waals surface area contributed by atoms with Crippen LogP contribution in [-0.4, -0.2) is 14.8 Å². The van der Waals surface area contributed by atoms with Crippen LogP contribution in [0.5, 0.6) is 5.75 Å². The summed E-state index contributed by atoms with van der Waals surface area (Å²) in [6, 6.07) is 13.7. The van der Waals surface area contributed by atoms with E-state index in [0.717, 1.165) is 34.6 Å². The lowest BCUT2D eigenvalue weighted by Crippen LogP contribution is -2.12. The maximum atomic E-state index is 6.10. The van der Waals surface area contributed by atoms with Crippen LogP contribution in [-0.2, 0) is 12.3 Å². The number of aromatic nitrogens is 3. The first kappa shape index (κ1) is 20.1. The average molecular weight is 422 g/mol. The van der Waals surface area contributed by atoms with E-state index in [2.05, 4.69) is 28.6 Å². The van der Waals surface area contributed by atoms with Crippen molar-refractivity contribution < 1.29 is 4.74 Å². The summed E-state index contributed by atoms with van der Waals surface area (Å²) in [7, 11) is 0. The van der Waals surface area contributed by atoms with Crippen molar-refractivity contribution in [1.29, 1.82) is 0 Å². The maximum Gasteiger partial charge on any atom is 0.191 e. The molecule has 1 unspecified atom stereocenters. The molecule has 0 aliphatic carbocycles. The van der Waals surface area contributed by atoms with E-state index in [1.54, 1.807) is 11.8 Å². The first-order chi connectivity index (χ1) is 13.0. The van der Waals surface area contributed by atoms with Gasteiger partial charge < -0.3 is 9.30 Å². The van der Waals surface area contributed by atoms with Gasteiger partial charge in [-0.15, -0.1) is 10.2 Å². The number of thioether (sulfide) groups is 1. The molecule has 1 heterocycles. The summed E-state index contributed by atoms with van der Waals surface area (Å²) >= 11 is 13.7. The van der Waals surface area contributed by atoms with Gasteiger partial charge in [-0.3, -0.25) is 0 Å². The van der Waals surface area contributed by atoms with Crippen molar-refractivity contribution in [2.24, 2.45) is 0 Å². The molecule has 27 heavy (non-hydrogen) atoms. The topological polar surface area (TPSA) is 39.9 Å². The molecule has 0 saturated heterocycles. The standard InChI is InChI=1S/C20H21Cl2N3OS/c1-4-25-19(14(3)26-16-8-5-13(2)6-9-16)23-24-20(25)27-12-15-7-10-17(21)18(22)11-15/h5-11,14H,4,12H2,1-3H3. The molecule has 3 aromatic rings. The Morgan fingerprint density at radius 1 is 1.07 bits per heavy atom. The van der Waals surface area contributed by atoms with Crippen LogP contribution in [0.25, 0.3) is 0 Å². The highest BCUT2D eigenvalue weighted by Crippen LogP contribution is 2.29. The smallest absolute Gasteiger partial charge is 0.191 e. The number of nitrogens with zero attached hydrogens (tertiary/aromatic N) is 3. The van der Waals surface area contributed by atoms with Crippen molar-refractivity contribution >= 4 is 35.0 Å². The number of benzene rings is 2. The monoisotopic (exact) mass is 421 g/mol. The Balaban J connectivity index is 1.71. The highest BCUT2D eigenvalue weighted by molar-refractivity contribution is 7.98. The molecule has 0 fully saturated rings. The van der Waals surface area contributed by atoms with Crippen LogP contribution in [0, 0.1) is 6.92 Å². The van der Waals surface area contributed by atoms with Crippen molar-refractivity contribution in [2.45, 2.75) is 44.3 Å². The Hall–Kier alpha value is -1.69. The zero-order chi connectivity index (χ0) is 19.4. The van der Waals surface area contributed by atoms with Gasteiger partial charge in [0.15, 0.2) is 17.1 Å². The summed E-state index contributed by atoms with van der Waals surface area (Å²) in [5, 5.41) is 10.7. The third-order valence-electron chi connectivity index (χ3n) is 4.11. The van der Waals surface area contributed by atoms with Crippen LogP contribution in [0.4, 0.5) is 0 Å². The Morgan fingerprint density at radius 3 is 2.48 bits per heavy atom. The van der Waals surface area contributed by atoms with Crippen LogP contribution >= 0.6 is 35.0 Å². The molecule has 0 bridgehead atoms. The first-order valence-corrected chi connectivity index (χ1v) is 10.4. The van der Waals surface area contributed by atoms with Gasteiger partial charge in [-0.1, -0.05) is 58.7 Å². The third kappa shape index (κ3) is 4.98. The number of rotatable bonds is 7. The Kier molecular flexibility index (Phi) is 6.68. The number of hydrogen-bond acceptors (Lipinski definition) is 4. The van der Waals surface area contributed by atoms with Crippen LogP contribution in [0.15, 0.2) is 47.6 Å².